The molecule has 0 aliphatic heterocycles. The van der Waals surface area contributed by atoms with E-state index >= 15 is 0 Å². The number of fused-ring (bicyclic) bond motifs is 4. The fraction of sp³-hybridized carbons (Fsp3) is 0. The van der Waals surface area contributed by atoms with E-state index in [4.69, 9.17) is 19.4 Å². The summed E-state index contributed by atoms with van der Waals surface area (Å²) in [5, 5.41) is 4.23. The van der Waals surface area contributed by atoms with Gasteiger partial charge in [-0.25, -0.2) is 15.0 Å². The van der Waals surface area contributed by atoms with E-state index in [0.717, 1.165) is 77.6 Å². The van der Waals surface area contributed by atoms with Crippen LogP contribution in [-0.2, 0) is 0 Å². The van der Waals surface area contributed by atoms with Crippen molar-refractivity contribution in [2.24, 2.45) is 0 Å². The number of hydrogen-bond acceptors (Lipinski definition) is 5. The summed E-state index contributed by atoms with van der Waals surface area (Å²) in [6, 6.07) is 75.8. The van der Waals surface area contributed by atoms with Gasteiger partial charge in [0.05, 0.1) is 5.69 Å². The molecular weight excluding hydrogens is 733 g/mol. The lowest BCUT2D eigenvalue weighted by Crippen LogP contribution is -2.10. The first kappa shape index (κ1) is 35.0. The van der Waals surface area contributed by atoms with Crippen LogP contribution in [0.4, 0.5) is 17.1 Å². The fourth-order valence-electron chi connectivity index (χ4n) is 8.15. The molecule has 0 bridgehead atoms. The lowest BCUT2D eigenvalue weighted by atomic mass is 9.99. The van der Waals surface area contributed by atoms with Gasteiger partial charge in [0, 0.05) is 44.9 Å². The number of rotatable bonds is 8. The van der Waals surface area contributed by atoms with Crippen molar-refractivity contribution in [3.8, 4) is 56.4 Å². The molecule has 282 valence electrons. The van der Waals surface area contributed by atoms with E-state index in [2.05, 4.69) is 163 Å². The summed E-state index contributed by atoms with van der Waals surface area (Å²) in [6.07, 6.45) is 0. The van der Waals surface area contributed by atoms with Gasteiger partial charge in [0.15, 0.2) is 17.5 Å². The van der Waals surface area contributed by atoms with E-state index in [9.17, 15) is 0 Å². The van der Waals surface area contributed by atoms with Gasteiger partial charge in [-0.1, -0.05) is 170 Å². The van der Waals surface area contributed by atoms with E-state index in [-0.39, 0.29) is 0 Å². The maximum atomic E-state index is 6.70. The minimum Gasteiger partial charge on any atom is -0.456 e. The lowest BCUT2D eigenvalue weighted by molar-refractivity contribution is 0.669. The molecule has 0 amide bonds. The second kappa shape index (κ2) is 15.0. The van der Waals surface area contributed by atoms with Crippen molar-refractivity contribution in [1.29, 1.82) is 0 Å². The number of furan rings is 1. The molecule has 0 spiro atoms. The molecule has 0 saturated heterocycles. The van der Waals surface area contributed by atoms with Crippen LogP contribution in [0, 0.1) is 0 Å². The van der Waals surface area contributed by atoms with Crippen LogP contribution >= 0.6 is 0 Å². The molecule has 0 aliphatic carbocycles. The van der Waals surface area contributed by atoms with Crippen molar-refractivity contribution in [3.63, 3.8) is 0 Å². The van der Waals surface area contributed by atoms with Crippen LogP contribution in [0.25, 0.3) is 89.1 Å². The van der Waals surface area contributed by atoms with Crippen LogP contribution in [0.2, 0.25) is 0 Å². The number of aromatic nitrogens is 3. The lowest BCUT2D eigenvalue weighted by Gasteiger charge is -2.26. The van der Waals surface area contributed by atoms with Crippen LogP contribution in [0.15, 0.2) is 223 Å². The molecule has 0 unspecified atom stereocenters. The van der Waals surface area contributed by atoms with Crippen molar-refractivity contribution in [2.45, 2.75) is 0 Å². The summed E-state index contributed by atoms with van der Waals surface area (Å²) >= 11 is 0. The molecular formula is C55H36N4O. The first-order chi connectivity index (χ1) is 29.7. The molecule has 60 heavy (non-hydrogen) atoms. The van der Waals surface area contributed by atoms with E-state index in [1.165, 1.54) is 11.1 Å². The molecule has 11 rings (SSSR count). The Morgan fingerprint density at radius 2 is 0.867 bits per heavy atom. The van der Waals surface area contributed by atoms with Gasteiger partial charge in [-0.2, -0.15) is 0 Å². The number of anilines is 3. The van der Waals surface area contributed by atoms with E-state index < -0.39 is 0 Å². The molecule has 0 aliphatic rings. The predicted molar refractivity (Wildman–Crippen MR) is 246 cm³/mol. The molecule has 5 heteroatoms. The Hall–Kier alpha value is -8.15. The molecule has 11 aromatic rings. The second-order valence-electron chi connectivity index (χ2n) is 14.9. The second-order valence-corrected chi connectivity index (χ2v) is 14.9. The normalized spacial score (nSPS) is 11.3. The van der Waals surface area contributed by atoms with Gasteiger partial charge in [-0.15, -0.1) is 0 Å². The van der Waals surface area contributed by atoms with E-state index in [0.29, 0.717) is 17.5 Å². The third-order valence-electron chi connectivity index (χ3n) is 11.1. The summed E-state index contributed by atoms with van der Waals surface area (Å²) in [5.74, 6) is 1.76. The van der Waals surface area contributed by atoms with Gasteiger partial charge in [-0.05, 0) is 75.5 Å². The highest BCUT2D eigenvalue weighted by molar-refractivity contribution is 6.13. The number of benzene rings is 9. The van der Waals surface area contributed by atoms with Crippen molar-refractivity contribution >= 4 is 49.8 Å². The largest absolute Gasteiger partial charge is 0.456 e. The topological polar surface area (TPSA) is 55.1 Å². The Morgan fingerprint density at radius 3 is 1.63 bits per heavy atom. The third-order valence-corrected chi connectivity index (χ3v) is 11.1. The van der Waals surface area contributed by atoms with Crippen molar-refractivity contribution in [1.82, 2.24) is 15.0 Å². The quantitative estimate of drug-likeness (QED) is 0.154. The minimum absolute atomic E-state index is 0.561. The third kappa shape index (κ3) is 6.54. The predicted octanol–water partition coefficient (Wildman–Crippen LogP) is 14.7. The van der Waals surface area contributed by atoms with Crippen LogP contribution in [0.3, 0.4) is 0 Å². The maximum absolute atomic E-state index is 6.70. The summed E-state index contributed by atoms with van der Waals surface area (Å²) < 4.78 is 6.70. The Kier molecular flexibility index (Phi) is 8.75. The molecule has 9 aromatic carbocycles. The van der Waals surface area contributed by atoms with Crippen molar-refractivity contribution in [3.05, 3.63) is 218 Å². The van der Waals surface area contributed by atoms with Crippen LogP contribution < -0.4 is 4.90 Å². The standard InChI is InChI=1S/C55H36N4O/c1-4-15-37(16-5-1)39-27-29-40(30-28-39)43-21-14-24-46(34-43)59(45-22-8-3-9-23-45)47-35-49(52-48-25-12-13-26-50(48)60-51(52)36-47)55-57-53(41-18-6-2-7-19-41)56-54(58-55)44-32-31-38-17-10-11-20-42(38)33-44/h1-36H. The van der Waals surface area contributed by atoms with Gasteiger partial charge in [0.2, 0.25) is 0 Å². The zero-order valence-corrected chi connectivity index (χ0v) is 32.5. The SMILES string of the molecule is c1ccc(-c2ccc(-c3cccc(N(c4ccccc4)c4cc(-c5nc(-c6ccccc6)nc(-c6ccc7ccccc7c6)n5)c5c(c4)oc4ccccc45)c3)cc2)cc1. The van der Waals surface area contributed by atoms with Gasteiger partial charge in [0.1, 0.15) is 11.2 Å². The Bertz CT molecular complexity index is 3310. The van der Waals surface area contributed by atoms with Gasteiger partial charge in [-0.3, -0.25) is 0 Å². The smallest absolute Gasteiger partial charge is 0.164 e. The molecule has 5 nitrogen and oxygen atoms in total. The molecule has 0 N–H and O–H groups in total. The zero-order valence-electron chi connectivity index (χ0n) is 32.5. The van der Waals surface area contributed by atoms with Crippen molar-refractivity contribution in [2.75, 3.05) is 4.90 Å². The zero-order chi connectivity index (χ0) is 39.8. The molecule has 0 saturated carbocycles. The highest BCUT2D eigenvalue weighted by Crippen LogP contribution is 2.44. The van der Waals surface area contributed by atoms with Crippen LogP contribution in [0.1, 0.15) is 0 Å². The summed E-state index contributed by atoms with van der Waals surface area (Å²) in [7, 11) is 0. The van der Waals surface area contributed by atoms with Gasteiger partial charge in [0.25, 0.3) is 0 Å². The van der Waals surface area contributed by atoms with Crippen molar-refractivity contribution < 1.29 is 4.42 Å². The summed E-state index contributed by atoms with van der Waals surface area (Å²) in [4.78, 5) is 17.9. The first-order valence-corrected chi connectivity index (χ1v) is 20.1. The summed E-state index contributed by atoms with van der Waals surface area (Å²) in [6.45, 7) is 0. The first-order valence-electron chi connectivity index (χ1n) is 20.1. The number of hydrogen-bond donors (Lipinski definition) is 0. The van der Waals surface area contributed by atoms with Crippen LogP contribution in [-0.4, -0.2) is 15.0 Å². The maximum Gasteiger partial charge on any atom is 0.164 e. The van der Waals surface area contributed by atoms with Gasteiger partial charge >= 0.3 is 0 Å². The Labute approximate surface area is 347 Å². The van der Waals surface area contributed by atoms with E-state index in [1.807, 2.05) is 60.7 Å². The van der Waals surface area contributed by atoms with E-state index in [1.54, 1.807) is 0 Å². The average molecular weight is 769 g/mol. The molecule has 2 heterocycles. The molecule has 0 atom stereocenters. The average Bonchev–Trinajstić information content (AvgIpc) is 3.71. The van der Waals surface area contributed by atoms with Crippen LogP contribution in [0.5, 0.6) is 0 Å². The molecule has 0 radical (unpaired) electrons. The highest BCUT2D eigenvalue weighted by atomic mass is 16.3. The Balaban J connectivity index is 1.12. The fourth-order valence-corrected chi connectivity index (χ4v) is 8.15. The minimum atomic E-state index is 0.561. The Morgan fingerprint density at radius 1 is 0.317 bits per heavy atom. The number of para-hydroxylation sites is 2. The molecule has 2 aromatic heterocycles. The highest BCUT2D eigenvalue weighted by Gasteiger charge is 2.23. The van der Waals surface area contributed by atoms with Gasteiger partial charge < -0.3 is 9.32 Å². The summed E-state index contributed by atoms with van der Waals surface area (Å²) in [5.41, 5.74) is 11.8. The number of nitrogens with zero attached hydrogens (tertiary/aromatic N) is 4. The monoisotopic (exact) mass is 768 g/mol. The molecule has 0 fully saturated rings.